The van der Waals surface area contributed by atoms with E-state index in [1.165, 1.54) is 0 Å². The van der Waals surface area contributed by atoms with Crippen LogP contribution < -0.4 is 0 Å². The molecular formula is C5H5F5NO. The van der Waals surface area contributed by atoms with Crippen molar-refractivity contribution in [3.8, 4) is 0 Å². The first-order chi connectivity index (χ1) is 5.20. The van der Waals surface area contributed by atoms with Crippen LogP contribution in [0.3, 0.4) is 0 Å². The summed E-state index contributed by atoms with van der Waals surface area (Å²) in [6.45, 7) is -1.71. The minimum atomic E-state index is -5.63. The summed E-state index contributed by atoms with van der Waals surface area (Å²) in [7, 11) is 0.784. The molecule has 0 atom stereocenters. The number of nitrogens with zero attached hydrogens (tertiary/aromatic N) is 1. The van der Waals surface area contributed by atoms with Crippen LogP contribution in [0.4, 0.5) is 22.0 Å². The predicted octanol–water partition coefficient (Wildman–Crippen LogP) is 1.18. The summed E-state index contributed by atoms with van der Waals surface area (Å²) >= 11 is 0. The Bertz CT molecular complexity index is 166. The van der Waals surface area contributed by atoms with Crippen LogP contribution in [0, 0.1) is 0 Å². The van der Waals surface area contributed by atoms with Gasteiger partial charge in [0.1, 0.15) is 0 Å². The van der Waals surface area contributed by atoms with Gasteiger partial charge in [-0.05, 0) is 0 Å². The van der Waals surface area contributed by atoms with Crippen LogP contribution in [-0.2, 0) is 4.79 Å². The zero-order chi connectivity index (χ0) is 9.99. The molecule has 0 spiro atoms. The van der Waals surface area contributed by atoms with Gasteiger partial charge in [-0.3, -0.25) is 4.79 Å². The lowest BCUT2D eigenvalue weighted by atomic mass is 10.3. The Morgan fingerprint density at radius 3 is 1.92 bits per heavy atom. The third-order valence-corrected chi connectivity index (χ3v) is 1.01. The summed E-state index contributed by atoms with van der Waals surface area (Å²) < 4.78 is 58.3. The van der Waals surface area contributed by atoms with Crippen molar-refractivity contribution in [1.29, 1.82) is 0 Å². The molecule has 0 rings (SSSR count). The summed E-state index contributed by atoms with van der Waals surface area (Å²) in [4.78, 5) is 9.71. The summed E-state index contributed by atoms with van der Waals surface area (Å²) in [5, 5.41) is 0. The van der Waals surface area contributed by atoms with Gasteiger partial charge in [-0.15, -0.1) is 0 Å². The molecule has 71 valence electrons. The van der Waals surface area contributed by atoms with E-state index >= 15 is 0 Å². The molecule has 0 heterocycles. The number of hydrogen-bond donors (Lipinski definition) is 0. The van der Waals surface area contributed by atoms with E-state index in [9.17, 15) is 26.7 Å². The molecule has 0 unspecified atom stereocenters. The molecule has 12 heavy (non-hydrogen) atoms. The van der Waals surface area contributed by atoms with Crippen LogP contribution in [0.25, 0.3) is 0 Å². The average Bonchev–Trinajstić information content (AvgIpc) is 1.84. The minimum Gasteiger partial charge on any atom is -0.331 e. The molecule has 2 nitrogen and oxygen atoms in total. The Labute approximate surface area is 64.9 Å². The maximum Gasteiger partial charge on any atom is 0.455 e. The normalized spacial score (nSPS) is 12.8. The van der Waals surface area contributed by atoms with E-state index in [-0.39, 0.29) is 4.90 Å². The van der Waals surface area contributed by atoms with Crippen LogP contribution in [0.2, 0.25) is 0 Å². The first-order valence-corrected chi connectivity index (χ1v) is 2.74. The van der Waals surface area contributed by atoms with E-state index in [0.717, 1.165) is 13.5 Å². The molecule has 0 aromatic carbocycles. The van der Waals surface area contributed by atoms with Gasteiger partial charge in [-0.2, -0.15) is 22.0 Å². The number of hydrogen-bond acceptors (Lipinski definition) is 1. The van der Waals surface area contributed by atoms with Crippen molar-refractivity contribution in [2.75, 3.05) is 13.6 Å². The highest BCUT2D eigenvalue weighted by molar-refractivity contribution is 5.47. The molecule has 7 heteroatoms. The molecule has 0 aromatic rings. The molecule has 0 N–H and O–H groups in total. The first kappa shape index (κ1) is 11.1. The van der Waals surface area contributed by atoms with Gasteiger partial charge in [-0.25, -0.2) is 0 Å². The third-order valence-electron chi connectivity index (χ3n) is 1.01. The highest BCUT2D eigenvalue weighted by Crippen LogP contribution is 2.35. The molecule has 0 fully saturated rings. The molecule has 0 aromatic heterocycles. The molecule has 0 aliphatic carbocycles. The maximum atomic E-state index is 12.0. The number of carbonyl (C=O) groups excluding carboxylic acids is 1. The molecule has 0 aliphatic heterocycles. The largest absolute Gasteiger partial charge is 0.455 e. The van der Waals surface area contributed by atoms with Crippen LogP contribution in [0.1, 0.15) is 0 Å². The predicted molar refractivity (Wildman–Crippen MR) is 29.3 cm³/mol. The highest BCUT2D eigenvalue weighted by Gasteiger charge is 2.57. The third kappa shape index (κ3) is 2.63. The summed E-state index contributed by atoms with van der Waals surface area (Å²) in [6, 6.07) is 0. The van der Waals surface area contributed by atoms with Crippen LogP contribution >= 0.6 is 0 Å². The number of alkyl halides is 5. The lowest BCUT2D eigenvalue weighted by Gasteiger charge is -2.22. The molecule has 1 radical (unpaired) electrons. The summed E-state index contributed by atoms with van der Waals surface area (Å²) in [5.41, 5.74) is 0. The quantitative estimate of drug-likeness (QED) is 0.483. The first-order valence-electron chi connectivity index (χ1n) is 2.74. The van der Waals surface area contributed by atoms with E-state index in [1.807, 2.05) is 0 Å². The number of rotatable bonds is 3. The van der Waals surface area contributed by atoms with Gasteiger partial charge in [0.15, 0.2) is 0 Å². The number of halogens is 5. The molecular weight excluding hydrogens is 185 g/mol. The minimum absolute atomic E-state index is 0.105. The Morgan fingerprint density at radius 2 is 1.67 bits per heavy atom. The van der Waals surface area contributed by atoms with Gasteiger partial charge >= 0.3 is 18.5 Å². The van der Waals surface area contributed by atoms with E-state index in [2.05, 4.69) is 0 Å². The zero-order valence-electron chi connectivity index (χ0n) is 5.95. The van der Waals surface area contributed by atoms with Crippen molar-refractivity contribution in [3.05, 3.63) is 0 Å². The second-order valence-electron chi connectivity index (χ2n) is 2.15. The van der Waals surface area contributed by atoms with Crippen molar-refractivity contribution in [1.82, 2.24) is 4.90 Å². The molecule has 1 amide bonds. The molecule has 0 bridgehead atoms. The van der Waals surface area contributed by atoms with Gasteiger partial charge in [-0.1, -0.05) is 0 Å². The Balaban J connectivity index is 4.32. The van der Waals surface area contributed by atoms with E-state index in [0.29, 0.717) is 0 Å². The molecule has 0 aliphatic rings. The SMILES string of the molecule is CN([C]=O)CC(F)(F)C(F)(F)F. The van der Waals surface area contributed by atoms with Crippen LogP contribution in [0.5, 0.6) is 0 Å². The van der Waals surface area contributed by atoms with Crippen molar-refractivity contribution >= 4 is 6.41 Å². The lowest BCUT2D eigenvalue weighted by molar-refractivity contribution is -0.283. The fraction of sp³-hybridized carbons (Fsp3) is 0.800. The van der Waals surface area contributed by atoms with Crippen molar-refractivity contribution in [2.45, 2.75) is 12.1 Å². The van der Waals surface area contributed by atoms with Crippen molar-refractivity contribution in [2.24, 2.45) is 0 Å². The zero-order valence-corrected chi connectivity index (χ0v) is 5.95. The van der Waals surface area contributed by atoms with Gasteiger partial charge < -0.3 is 4.90 Å². The monoisotopic (exact) mass is 190 g/mol. The fourth-order valence-corrected chi connectivity index (χ4v) is 0.420. The van der Waals surface area contributed by atoms with E-state index < -0.39 is 18.6 Å². The standard InChI is InChI=1S/C5H5F5NO/c1-11(3-12)2-4(6,7)5(8,9)10/h2H2,1H3. The fourth-order valence-electron chi connectivity index (χ4n) is 0.420. The molecule has 0 saturated heterocycles. The average molecular weight is 190 g/mol. The number of amides is 1. The Kier molecular flexibility index (Phi) is 3.00. The lowest BCUT2D eigenvalue weighted by Crippen LogP contribution is -2.45. The Morgan fingerprint density at radius 1 is 1.25 bits per heavy atom. The van der Waals surface area contributed by atoms with Crippen molar-refractivity contribution < 1.29 is 26.7 Å². The van der Waals surface area contributed by atoms with Gasteiger partial charge in [0.05, 0.1) is 6.54 Å². The van der Waals surface area contributed by atoms with Gasteiger partial charge in [0.25, 0.3) is 0 Å². The van der Waals surface area contributed by atoms with Crippen molar-refractivity contribution in [3.63, 3.8) is 0 Å². The topological polar surface area (TPSA) is 20.3 Å². The van der Waals surface area contributed by atoms with Gasteiger partial charge in [0.2, 0.25) is 0 Å². The Hall–Kier alpha value is -0.880. The summed E-state index contributed by atoms with van der Waals surface area (Å²) in [5.74, 6) is -4.88. The molecule has 0 saturated carbocycles. The van der Waals surface area contributed by atoms with Crippen LogP contribution in [-0.4, -0.2) is 37.0 Å². The smallest absolute Gasteiger partial charge is 0.331 e. The highest BCUT2D eigenvalue weighted by atomic mass is 19.4. The summed E-state index contributed by atoms with van der Waals surface area (Å²) in [6.07, 6.45) is -4.73. The van der Waals surface area contributed by atoms with E-state index in [1.54, 1.807) is 0 Å². The maximum absolute atomic E-state index is 12.0. The van der Waals surface area contributed by atoms with Crippen LogP contribution in [0.15, 0.2) is 0 Å². The van der Waals surface area contributed by atoms with E-state index in [4.69, 9.17) is 0 Å². The second-order valence-corrected chi connectivity index (χ2v) is 2.15. The van der Waals surface area contributed by atoms with Gasteiger partial charge in [0, 0.05) is 7.05 Å². The second kappa shape index (κ2) is 3.24.